The van der Waals surface area contributed by atoms with Crippen LogP contribution in [0, 0.1) is 0 Å². The molecule has 2 N–H and O–H groups in total. The number of nitrogen functional groups attached to an aromatic ring is 1. The molecule has 0 bridgehead atoms. The minimum absolute atomic E-state index is 0.442. The molecule has 4 heteroatoms. The standard InChI is InChI=1S/C12H24N4/c1-6-8-10-11(13)12(15(5)14-10)16(7-2)9(3)4/h9H,6-8,13H2,1-5H3. The molecule has 0 aliphatic rings. The Bertz CT molecular complexity index is 341. The van der Waals surface area contributed by atoms with Crippen molar-refractivity contribution in [1.82, 2.24) is 9.78 Å². The third-order valence-corrected chi connectivity index (χ3v) is 2.85. The zero-order chi connectivity index (χ0) is 12.3. The second kappa shape index (κ2) is 5.23. The van der Waals surface area contributed by atoms with Gasteiger partial charge in [-0.05, 0) is 27.2 Å². The molecule has 0 unspecified atom stereocenters. The van der Waals surface area contributed by atoms with Gasteiger partial charge >= 0.3 is 0 Å². The molecule has 0 saturated carbocycles. The van der Waals surface area contributed by atoms with E-state index < -0.39 is 0 Å². The first-order chi connectivity index (χ1) is 7.52. The Labute approximate surface area is 98.4 Å². The Hall–Kier alpha value is -1.19. The first kappa shape index (κ1) is 12.9. The van der Waals surface area contributed by atoms with Gasteiger partial charge < -0.3 is 10.6 Å². The maximum atomic E-state index is 6.18. The highest BCUT2D eigenvalue weighted by molar-refractivity contribution is 5.66. The number of hydrogen-bond donors (Lipinski definition) is 1. The third kappa shape index (κ3) is 2.31. The summed E-state index contributed by atoms with van der Waals surface area (Å²) in [4.78, 5) is 2.28. The number of aryl methyl sites for hydroxylation is 2. The molecule has 0 aromatic carbocycles. The van der Waals surface area contributed by atoms with Gasteiger partial charge in [0, 0.05) is 19.6 Å². The topological polar surface area (TPSA) is 47.1 Å². The predicted octanol–water partition coefficient (Wildman–Crippen LogP) is 2.19. The van der Waals surface area contributed by atoms with Crippen molar-refractivity contribution in [1.29, 1.82) is 0 Å². The molecule has 92 valence electrons. The van der Waals surface area contributed by atoms with Crippen LogP contribution in [0.5, 0.6) is 0 Å². The van der Waals surface area contributed by atoms with Gasteiger partial charge in [-0.1, -0.05) is 13.3 Å². The molecule has 1 heterocycles. The van der Waals surface area contributed by atoms with Crippen LogP contribution in [0.25, 0.3) is 0 Å². The Morgan fingerprint density at radius 2 is 2.00 bits per heavy atom. The van der Waals surface area contributed by atoms with Crippen LogP contribution in [0.2, 0.25) is 0 Å². The van der Waals surface area contributed by atoms with Gasteiger partial charge in [0.1, 0.15) is 0 Å². The van der Waals surface area contributed by atoms with Crippen molar-refractivity contribution in [3.8, 4) is 0 Å². The van der Waals surface area contributed by atoms with E-state index in [2.05, 4.69) is 37.7 Å². The van der Waals surface area contributed by atoms with E-state index in [1.165, 1.54) is 0 Å². The van der Waals surface area contributed by atoms with Crippen molar-refractivity contribution in [2.24, 2.45) is 7.05 Å². The predicted molar refractivity (Wildman–Crippen MR) is 69.8 cm³/mol. The first-order valence-electron chi connectivity index (χ1n) is 6.10. The number of nitrogens with two attached hydrogens (primary N) is 1. The van der Waals surface area contributed by atoms with Gasteiger partial charge in [-0.25, -0.2) is 0 Å². The molecule has 0 aliphatic carbocycles. The molecule has 1 rings (SSSR count). The van der Waals surface area contributed by atoms with E-state index in [1.807, 2.05) is 11.7 Å². The second-order valence-electron chi connectivity index (χ2n) is 4.44. The van der Waals surface area contributed by atoms with E-state index in [1.54, 1.807) is 0 Å². The second-order valence-corrected chi connectivity index (χ2v) is 4.44. The molecule has 0 fully saturated rings. The fraction of sp³-hybridized carbons (Fsp3) is 0.750. The maximum absolute atomic E-state index is 6.18. The minimum atomic E-state index is 0.442. The van der Waals surface area contributed by atoms with Gasteiger partial charge in [0.15, 0.2) is 5.82 Å². The van der Waals surface area contributed by atoms with Crippen molar-refractivity contribution < 1.29 is 0 Å². The Balaban J connectivity index is 3.11. The Morgan fingerprint density at radius 3 is 2.44 bits per heavy atom. The summed E-state index contributed by atoms with van der Waals surface area (Å²) in [5, 5.41) is 4.50. The Morgan fingerprint density at radius 1 is 1.38 bits per heavy atom. The van der Waals surface area contributed by atoms with Crippen LogP contribution in [-0.2, 0) is 13.5 Å². The molecule has 0 radical (unpaired) electrons. The summed E-state index contributed by atoms with van der Waals surface area (Å²) in [6.45, 7) is 9.59. The van der Waals surface area contributed by atoms with Gasteiger partial charge in [0.2, 0.25) is 0 Å². The molecular weight excluding hydrogens is 200 g/mol. The van der Waals surface area contributed by atoms with Crippen molar-refractivity contribution in [2.75, 3.05) is 17.2 Å². The summed E-state index contributed by atoms with van der Waals surface area (Å²) in [7, 11) is 1.97. The van der Waals surface area contributed by atoms with E-state index in [0.29, 0.717) is 6.04 Å². The van der Waals surface area contributed by atoms with Crippen molar-refractivity contribution in [3.05, 3.63) is 5.69 Å². The number of anilines is 2. The highest BCUT2D eigenvalue weighted by Crippen LogP contribution is 2.28. The lowest BCUT2D eigenvalue weighted by atomic mass is 10.2. The van der Waals surface area contributed by atoms with Crippen LogP contribution in [0.15, 0.2) is 0 Å². The first-order valence-corrected chi connectivity index (χ1v) is 6.10. The number of nitrogens with zero attached hydrogens (tertiary/aromatic N) is 3. The molecule has 0 aliphatic heterocycles. The SMILES string of the molecule is CCCc1nn(C)c(N(CC)C(C)C)c1N. The molecule has 1 aromatic rings. The smallest absolute Gasteiger partial charge is 0.150 e. The summed E-state index contributed by atoms with van der Waals surface area (Å²) >= 11 is 0. The van der Waals surface area contributed by atoms with Crippen molar-refractivity contribution >= 4 is 11.5 Å². The molecule has 0 spiro atoms. The van der Waals surface area contributed by atoms with E-state index in [4.69, 9.17) is 5.73 Å². The van der Waals surface area contributed by atoms with Crippen LogP contribution in [0.1, 0.15) is 39.8 Å². The molecule has 16 heavy (non-hydrogen) atoms. The molecular formula is C12H24N4. The van der Waals surface area contributed by atoms with Gasteiger partial charge in [0.05, 0.1) is 11.4 Å². The fourth-order valence-corrected chi connectivity index (χ4v) is 2.11. The zero-order valence-corrected chi connectivity index (χ0v) is 11.1. The average molecular weight is 224 g/mol. The van der Waals surface area contributed by atoms with Gasteiger partial charge in [-0.15, -0.1) is 0 Å². The summed E-state index contributed by atoms with van der Waals surface area (Å²) in [5.41, 5.74) is 8.05. The fourth-order valence-electron chi connectivity index (χ4n) is 2.11. The highest BCUT2D eigenvalue weighted by Gasteiger charge is 2.19. The van der Waals surface area contributed by atoms with Crippen molar-refractivity contribution in [3.63, 3.8) is 0 Å². The normalized spacial score (nSPS) is 11.1. The van der Waals surface area contributed by atoms with Crippen LogP contribution in [0.4, 0.5) is 11.5 Å². The molecule has 0 saturated heterocycles. The Kier molecular flexibility index (Phi) is 4.21. The summed E-state index contributed by atoms with van der Waals surface area (Å²) in [6.07, 6.45) is 2.03. The third-order valence-electron chi connectivity index (χ3n) is 2.85. The van der Waals surface area contributed by atoms with E-state index >= 15 is 0 Å². The van der Waals surface area contributed by atoms with Gasteiger partial charge in [-0.3, -0.25) is 4.68 Å². The number of aromatic nitrogens is 2. The molecule has 1 aromatic heterocycles. The number of hydrogen-bond acceptors (Lipinski definition) is 3. The lowest BCUT2D eigenvalue weighted by Crippen LogP contribution is -2.32. The average Bonchev–Trinajstić information content (AvgIpc) is 2.47. The van der Waals surface area contributed by atoms with E-state index in [9.17, 15) is 0 Å². The summed E-state index contributed by atoms with van der Waals surface area (Å²) in [5.74, 6) is 1.06. The lowest BCUT2D eigenvalue weighted by Gasteiger charge is -2.27. The van der Waals surface area contributed by atoms with Gasteiger partial charge in [0.25, 0.3) is 0 Å². The summed E-state index contributed by atoms with van der Waals surface area (Å²) < 4.78 is 1.91. The van der Waals surface area contributed by atoms with Crippen LogP contribution in [-0.4, -0.2) is 22.4 Å². The molecule has 0 amide bonds. The highest BCUT2D eigenvalue weighted by atomic mass is 15.4. The number of rotatable bonds is 5. The van der Waals surface area contributed by atoms with Crippen LogP contribution in [0.3, 0.4) is 0 Å². The summed E-state index contributed by atoms with van der Waals surface area (Å²) in [6, 6.07) is 0.442. The zero-order valence-electron chi connectivity index (χ0n) is 11.1. The lowest BCUT2D eigenvalue weighted by molar-refractivity contribution is 0.647. The maximum Gasteiger partial charge on any atom is 0.150 e. The largest absolute Gasteiger partial charge is 0.394 e. The minimum Gasteiger partial charge on any atom is -0.394 e. The molecule has 4 nitrogen and oxygen atoms in total. The monoisotopic (exact) mass is 224 g/mol. The van der Waals surface area contributed by atoms with Crippen LogP contribution >= 0.6 is 0 Å². The van der Waals surface area contributed by atoms with E-state index in [-0.39, 0.29) is 0 Å². The van der Waals surface area contributed by atoms with E-state index in [0.717, 1.165) is 36.6 Å². The van der Waals surface area contributed by atoms with Gasteiger partial charge in [-0.2, -0.15) is 5.10 Å². The quantitative estimate of drug-likeness (QED) is 0.834. The molecule has 0 atom stereocenters. The van der Waals surface area contributed by atoms with Crippen LogP contribution < -0.4 is 10.6 Å². The van der Waals surface area contributed by atoms with Crippen molar-refractivity contribution in [2.45, 2.75) is 46.6 Å².